The fraction of sp³-hybridized carbons (Fsp3) is 0.588. The van der Waals surface area contributed by atoms with Gasteiger partial charge in [-0.1, -0.05) is 13.8 Å². The second kappa shape index (κ2) is 8.39. The molecule has 22 heavy (non-hydrogen) atoms. The second-order valence-electron chi connectivity index (χ2n) is 6.50. The van der Waals surface area contributed by atoms with E-state index in [2.05, 4.69) is 30.1 Å². The first kappa shape index (κ1) is 18.8. The van der Waals surface area contributed by atoms with Gasteiger partial charge in [0.1, 0.15) is 0 Å². The molecule has 1 aliphatic heterocycles. The number of rotatable bonds is 6. The number of anilines is 1. The van der Waals surface area contributed by atoms with Crippen LogP contribution in [0.2, 0.25) is 0 Å². The Hall–Kier alpha value is -1.26. The van der Waals surface area contributed by atoms with E-state index >= 15 is 0 Å². The molecule has 0 unspecified atom stereocenters. The number of nitrogens with one attached hydrogen (secondary N) is 1. The lowest BCUT2D eigenvalue weighted by atomic mass is 10.1. The van der Waals surface area contributed by atoms with Gasteiger partial charge in [0.2, 0.25) is 0 Å². The van der Waals surface area contributed by atoms with Crippen LogP contribution in [-0.4, -0.2) is 56.0 Å². The molecule has 0 spiro atoms. The van der Waals surface area contributed by atoms with Gasteiger partial charge in [0, 0.05) is 37.4 Å². The summed E-state index contributed by atoms with van der Waals surface area (Å²) in [6.45, 7) is 7.76. The Bertz CT molecular complexity index is 503. The van der Waals surface area contributed by atoms with Crippen molar-refractivity contribution >= 4 is 24.0 Å². The molecular formula is C17H28ClN3O. The molecule has 1 aromatic carbocycles. The second-order valence-corrected chi connectivity index (χ2v) is 6.50. The molecular weight excluding hydrogens is 298 g/mol. The SMILES string of the molecule is CC(C)CN(CCN(C)C)C(=O)c1ccc2c(c1)CCN2.Cl. The normalized spacial score (nSPS) is 12.8. The molecule has 124 valence electrons. The summed E-state index contributed by atoms with van der Waals surface area (Å²) in [5.41, 5.74) is 3.25. The van der Waals surface area contributed by atoms with Crippen LogP contribution in [0.3, 0.4) is 0 Å². The molecule has 5 heteroatoms. The highest BCUT2D eigenvalue weighted by Crippen LogP contribution is 2.23. The lowest BCUT2D eigenvalue weighted by molar-refractivity contribution is 0.0724. The largest absolute Gasteiger partial charge is 0.384 e. The van der Waals surface area contributed by atoms with Crippen LogP contribution in [0.25, 0.3) is 0 Å². The number of hydrogen-bond donors (Lipinski definition) is 1. The van der Waals surface area contributed by atoms with Crippen LogP contribution in [0, 0.1) is 5.92 Å². The van der Waals surface area contributed by atoms with Crippen LogP contribution >= 0.6 is 12.4 Å². The predicted molar refractivity (Wildman–Crippen MR) is 95.2 cm³/mol. The van der Waals surface area contributed by atoms with Gasteiger partial charge in [-0.15, -0.1) is 12.4 Å². The van der Waals surface area contributed by atoms with Gasteiger partial charge in [-0.05, 0) is 50.2 Å². The maximum absolute atomic E-state index is 12.8. The Kier molecular flexibility index (Phi) is 7.17. The van der Waals surface area contributed by atoms with Crippen molar-refractivity contribution in [3.63, 3.8) is 0 Å². The van der Waals surface area contributed by atoms with Gasteiger partial charge in [-0.25, -0.2) is 0 Å². The van der Waals surface area contributed by atoms with Gasteiger partial charge in [-0.2, -0.15) is 0 Å². The van der Waals surface area contributed by atoms with Crippen molar-refractivity contribution in [1.82, 2.24) is 9.80 Å². The zero-order valence-corrected chi connectivity index (χ0v) is 14.9. The predicted octanol–water partition coefficient (Wildman–Crippen LogP) is 2.74. The summed E-state index contributed by atoms with van der Waals surface area (Å²) >= 11 is 0. The first-order chi connectivity index (χ1) is 9.97. The van der Waals surface area contributed by atoms with E-state index in [9.17, 15) is 4.79 Å². The van der Waals surface area contributed by atoms with Gasteiger partial charge in [0.15, 0.2) is 0 Å². The number of carbonyl (C=O) groups excluding carboxylic acids is 1. The zero-order valence-electron chi connectivity index (χ0n) is 14.1. The Morgan fingerprint density at radius 3 is 2.64 bits per heavy atom. The monoisotopic (exact) mass is 325 g/mol. The van der Waals surface area contributed by atoms with Crippen molar-refractivity contribution in [2.45, 2.75) is 20.3 Å². The standard InChI is InChI=1S/C17H27N3O.ClH/c1-13(2)12-20(10-9-19(3)4)17(21)15-5-6-16-14(11-15)7-8-18-16;/h5-6,11,13,18H,7-10,12H2,1-4H3;1H. The number of fused-ring (bicyclic) bond motifs is 1. The van der Waals surface area contributed by atoms with Crippen molar-refractivity contribution in [3.05, 3.63) is 29.3 Å². The van der Waals surface area contributed by atoms with E-state index in [0.717, 1.165) is 38.2 Å². The highest BCUT2D eigenvalue weighted by Gasteiger charge is 2.19. The molecule has 0 bridgehead atoms. The number of halogens is 1. The minimum atomic E-state index is 0. The van der Waals surface area contributed by atoms with E-state index in [1.165, 1.54) is 11.3 Å². The van der Waals surface area contributed by atoms with Crippen molar-refractivity contribution in [2.24, 2.45) is 5.92 Å². The van der Waals surface area contributed by atoms with E-state index < -0.39 is 0 Å². The van der Waals surface area contributed by atoms with Gasteiger partial charge in [0.05, 0.1) is 0 Å². The quantitative estimate of drug-likeness (QED) is 0.873. The number of carbonyl (C=O) groups is 1. The average Bonchev–Trinajstić information content (AvgIpc) is 2.89. The molecule has 0 saturated carbocycles. The van der Waals surface area contributed by atoms with Crippen LogP contribution in [0.15, 0.2) is 18.2 Å². The van der Waals surface area contributed by atoms with Gasteiger partial charge >= 0.3 is 0 Å². The van der Waals surface area contributed by atoms with Crippen LogP contribution in [0.5, 0.6) is 0 Å². The molecule has 1 heterocycles. The number of amides is 1. The van der Waals surface area contributed by atoms with E-state index in [0.29, 0.717) is 5.92 Å². The molecule has 1 amide bonds. The molecule has 0 aliphatic carbocycles. The number of benzene rings is 1. The molecule has 0 atom stereocenters. The van der Waals surface area contributed by atoms with Crippen molar-refractivity contribution in [1.29, 1.82) is 0 Å². The number of hydrogen-bond acceptors (Lipinski definition) is 3. The van der Waals surface area contributed by atoms with Crippen molar-refractivity contribution < 1.29 is 4.79 Å². The van der Waals surface area contributed by atoms with Crippen molar-refractivity contribution in [3.8, 4) is 0 Å². The first-order valence-corrected chi connectivity index (χ1v) is 7.78. The van der Waals surface area contributed by atoms with E-state index in [-0.39, 0.29) is 18.3 Å². The summed E-state index contributed by atoms with van der Waals surface area (Å²) in [5, 5.41) is 3.34. The first-order valence-electron chi connectivity index (χ1n) is 7.78. The molecule has 1 N–H and O–H groups in total. The topological polar surface area (TPSA) is 35.6 Å². The van der Waals surface area contributed by atoms with E-state index in [1.54, 1.807) is 0 Å². The van der Waals surface area contributed by atoms with Gasteiger partial charge in [-0.3, -0.25) is 4.79 Å². The maximum atomic E-state index is 12.8. The lowest BCUT2D eigenvalue weighted by Crippen LogP contribution is -2.39. The highest BCUT2D eigenvalue weighted by molar-refractivity contribution is 5.95. The summed E-state index contributed by atoms with van der Waals surface area (Å²) in [6, 6.07) is 6.04. The maximum Gasteiger partial charge on any atom is 0.253 e. The van der Waals surface area contributed by atoms with E-state index in [1.807, 2.05) is 31.1 Å². The Morgan fingerprint density at radius 2 is 2.00 bits per heavy atom. The summed E-state index contributed by atoms with van der Waals surface area (Å²) in [5.74, 6) is 0.632. The fourth-order valence-electron chi connectivity index (χ4n) is 2.66. The third-order valence-electron chi connectivity index (χ3n) is 3.75. The third-order valence-corrected chi connectivity index (χ3v) is 3.75. The smallest absolute Gasteiger partial charge is 0.253 e. The summed E-state index contributed by atoms with van der Waals surface area (Å²) < 4.78 is 0. The minimum absolute atomic E-state index is 0. The molecule has 0 radical (unpaired) electrons. The van der Waals surface area contributed by atoms with Crippen molar-refractivity contribution in [2.75, 3.05) is 45.6 Å². The number of likely N-dealkylation sites (N-methyl/N-ethyl adjacent to an activating group) is 1. The molecule has 0 fully saturated rings. The fourth-order valence-corrected chi connectivity index (χ4v) is 2.66. The number of nitrogens with zero attached hydrogens (tertiary/aromatic N) is 2. The molecule has 0 aromatic heterocycles. The van der Waals surface area contributed by atoms with Crippen LogP contribution in [0.4, 0.5) is 5.69 Å². The lowest BCUT2D eigenvalue weighted by Gasteiger charge is -2.26. The summed E-state index contributed by atoms with van der Waals surface area (Å²) in [6.07, 6.45) is 1.01. The van der Waals surface area contributed by atoms with Crippen LogP contribution < -0.4 is 5.32 Å². The Labute approximate surface area is 140 Å². The molecule has 2 rings (SSSR count). The molecule has 1 aromatic rings. The average molecular weight is 326 g/mol. The van der Waals surface area contributed by atoms with Crippen LogP contribution in [-0.2, 0) is 6.42 Å². The molecule has 1 aliphatic rings. The minimum Gasteiger partial charge on any atom is -0.384 e. The van der Waals surface area contributed by atoms with Gasteiger partial charge < -0.3 is 15.1 Å². The summed E-state index contributed by atoms with van der Waals surface area (Å²) in [7, 11) is 4.08. The third kappa shape index (κ3) is 4.89. The zero-order chi connectivity index (χ0) is 15.4. The molecule has 4 nitrogen and oxygen atoms in total. The highest BCUT2D eigenvalue weighted by atomic mass is 35.5. The van der Waals surface area contributed by atoms with Gasteiger partial charge in [0.25, 0.3) is 5.91 Å². The Balaban J connectivity index is 0.00000242. The van der Waals surface area contributed by atoms with E-state index in [4.69, 9.17) is 0 Å². The molecule has 0 saturated heterocycles. The summed E-state index contributed by atoms with van der Waals surface area (Å²) in [4.78, 5) is 16.9. The van der Waals surface area contributed by atoms with Crippen LogP contribution in [0.1, 0.15) is 29.8 Å². The Morgan fingerprint density at radius 1 is 1.27 bits per heavy atom.